The number of H-pyrrole nitrogens is 1. The van der Waals surface area contributed by atoms with Crippen molar-refractivity contribution in [1.29, 1.82) is 0 Å². The Balaban J connectivity index is 2.13. The van der Waals surface area contributed by atoms with Crippen LogP contribution in [0.25, 0.3) is 11.4 Å². The zero-order valence-electron chi connectivity index (χ0n) is 9.91. The molecule has 0 bridgehead atoms. The zero-order valence-corrected chi connectivity index (χ0v) is 10.7. The number of hydrogen-bond acceptors (Lipinski definition) is 3. The van der Waals surface area contributed by atoms with Crippen molar-refractivity contribution in [2.24, 2.45) is 0 Å². The molecule has 3 rings (SSSR count). The molecule has 0 atom stereocenters. The summed E-state index contributed by atoms with van der Waals surface area (Å²) in [7, 11) is 0. The van der Waals surface area contributed by atoms with Gasteiger partial charge in [-0.05, 0) is 32.8 Å². The smallest absolute Gasteiger partial charge is 0.251 e. The molecule has 1 fully saturated rings. The number of rotatable bonds is 2. The molecular formula is C13H14N2OS. The van der Waals surface area contributed by atoms with Gasteiger partial charge in [0.1, 0.15) is 5.82 Å². The molecule has 0 saturated heterocycles. The summed E-state index contributed by atoms with van der Waals surface area (Å²) in [6.45, 7) is 4.14. The average Bonchev–Trinajstić information content (AvgIpc) is 3.04. The fraction of sp³-hybridized carbons (Fsp3) is 0.385. The molecule has 2 aromatic rings. The predicted octanol–water partition coefficient (Wildman–Crippen LogP) is 2.99. The first-order chi connectivity index (χ1) is 8.13. The van der Waals surface area contributed by atoms with Crippen LogP contribution >= 0.6 is 11.3 Å². The van der Waals surface area contributed by atoms with Gasteiger partial charge in [-0.3, -0.25) is 4.79 Å². The minimum Gasteiger partial charge on any atom is -0.306 e. The van der Waals surface area contributed by atoms with E-state index in [-0.39, 0.29) is 5.56 Å². The van der Waals surface area contributed by atoms with E-state index in [1.165, 1.54) is 9.75 Å². The van der Waals surface area contributed by atoms with Crippen LogP contribution in [-0.2, 0) is 0 Å². The van der Waals surface area contributed by atoms with Gasteiger partial charge in [0, 0.05) is 27.3 Å². The van der Waals surface area contributed by atoms with E-state index in [1.54, 1.807) is 17.4 Å². The number of nitrogens with zero attached hydrogens (tertiary/aromatic N) is 1. The van der Waals surface area contributed by atoms with Crippen LogP contribution in [0.2, 0.25) is 0 Å². The maximum Gasteiger partial charge on any atom is 0.251 e. The first-order valence-corrected chi connectivity index (χ1v) is 6.64. The van der Waals surface area contributed by atoms with E-state index in [9.17, 15) is 4.79 Å². The summed E-state index contributed by atoms with van der Waals surface area (Å²) in [5.74, 6) is 1.23. The second kappa shape index (κ2) is 3.81. The number of aryl methyl sites for hydroxylation is 2. The molecule has 1 N–H and O–H groups in total. The van der Waals surface area contributed by atoms with E-state index in [0.717, 1.165) is 29.9 Å². The van der Waals surface area contributed by atoms with Crippen LogP contribution in [0.5, 0.6) is 0 Å². The highest BCUT2D eigenvalue weighted by molar-refractivity contribution is 7.12. The highest BCUT2D eigenvalue weighted by Gasteiger charge is 2.26. The molecule has 1 saturated carbocycles. The summed E-state index contributed by atoms with van der Waals surface area (Å²) in [5, 5.41) is 0. The normalized spacial score (nSPS) is 15.2. The standard InChI is InChI=1S/C13H14N2OS/c1-7-5-10(8(2)17-7)13-14-11(9-3-4-9)6-12(16)15-13/h5-6,9H,3-4H2,1-2H3,(H,14,15,16). The average molecular weight is 246 g/mol. The number of thiophene rings is 1. The Bertz CT molecular complexity index is 623. The maximum absolute atomic E-state index is 11.6. The molecule has 0 aliphatic heterocycles. The molecule has 2 heterocycles. The van der Waals surface area contributed by atoms with Crippen molar-refractivity contribution in [2.75, 3.05) is 0 Å². The molecule has 88 valence electrons. The molecule has 2 aromatic heterocycles. The van der Waals surface area contributed by atoms with Gasteiger partial charge in [-0.25, -0.2) is 4.98 Å². The van der Waals surface area contributed by atoms with E-state index >= 15 is 0 Å². The van der Waals surface area contributed by atoms with Crippen molar-refractivity contribution < 1.29 is 0 Å². The van der Waals surface area contributed by atoms with Gasteiger partial charge in [-0.15, -0.1) is 11.3 Å². The SMILES string of the molecule is Cc1cc(-c2nc(C3CC3)cc(=O)[nH]2)c(C)s1. The van der Waals surface area contributed by atoms with Crippen LogP contribution in [-0.4, -0.2) is 9.97 Å². The number of nitrogens with one attached hydrogen (secondary N) is 1. The Morgan fingerprint density at radius 3 is 2.71 bits per heavy atom. The lowest BCUT2D eigenvalue weighted by molar-refractivity contribution is 0.976. The summed E-state index contributed by atoms with van der Waals surface area (Å²) < 4.78 is 0. The van der Waals surface area contributed by atoms with Gasteiger partial charge in [0.05, 0.1) is 5.69 Å². The molecule has 4 heteroatoms. The molecule has 1 aliphatic carbocycles. The summed E-state index contributed by atoms with van der Waals surface area (Å²) in [4.78, 5) is 21.5. The predicted molar refractivity (Wildman–Crippen MR) is 69.6 cm³/mol. The molecule has 0 radical (unpaired) electrons. The molecule has 0 aromatic carbocycles. The third-order valence-electron chi connectivity index (χ3n) is 3.05. The van der Waals surface area contributed by atoms with Crippen LogP contribution in [0.4, 0.5) is 0 Å². The van der Waals surface area contributed by atoms with E-state index in [4.69, 9.17) is 0 Å². The van der Waals surface area contributed by atoms with E-state index < -0.39 is 0 Å². The fourth-order valence-electron chi connectivity index (χ4n) is 2.06. The largest absolute Gasteiger partial charge is 0.306 e. The van der Waals surface area contributed by atoms with Crippen molar-refractivity contribution in [3.8, 4) is 11.4 Å². The van der Waals surface area contributed by atoms with Crippen molar-refractivity contribution >= 4 is 11.3 Å². The molecule has 17 heavy (non-hydrogen) atoms. The Morgan fingerprint density at radius 2 is 2.12 bits per heavy atom. The molecule has 0 spiro atoms. The van der Waals surface area contributed by atoms with Crippen LogP contribution in [0.15, 0.2) is 16.9 Å². The van der Waals surface area contributed by atoms with Crippen LogP contribution in [0.3, 0.4) is 0 Å². The fourth-order valence-corrected chi connectivity index (χ4v) is 2.98. The van der Waals surface area contributed by atoms with Gasteiger partial charge in [0.2, 0.25) is 0 Å². The summed E-state index contributed by atoms with van der Waals surface area (Å²) in [5.41, 5.74) is 1.97. The van der Waals surface area contributed by atoms with Gasteiger partial charge in [-0.2, -0.15) is 0 Å². The first-order valence-electron chi connectivity index (χ1n) is 5.82. The van der Waals surface area contributed by atoms with Crippen molar-refractivity contribution in [3.05, 3.63) is 37.9 Å². The van der Waals surface area contributed by atoms with Gasteiger partial charge >= 0.3 is 0 Å². The first kappa shape index (κ1) is 10.7. The van der Waals surface area contributed by atoms with Gasteiger partial charge < -0.3 is 4.98 Å². The lowest BCUT2D eigenvalue weighted by atomic mass is 10.2. The summed E-state index contributed by atoms with van der Waals surface area (Å²) >= 11 is 1.74. The van der Waals surface area contributed by atoms with Gasteiger partial charge in [0.25, 0.3) is 5.56 Å². The monoisotopic (exact) mass is 246 g/mol. The maximum atomic E-state index is 11.6. The van der Waals surface area contributed by atoms with Gasteiger partial charge in [-0.1, -0.05) is 0 Å². The summed E-state index contributed by atoms with van der Waals surface area (Å²) in [6.07, 6.45) is 2.33. The Labute approximate surface area is 104 Å². The number of hydrogen-bond donors (Lipinski definition) is 1. The van der Waals surface area contributed by atoms with Crippen molar-refractivity contribution in [2.45, 2.75) is 32.6 Å². The van der Waals surface area contributed by atoms with Crippen molar-refractivity contribution in [3.63, 3.8) is 0 Å². The molecule has 0 unspecified atom stereocenters. The van der Waals surface area contributed by atoms with E-state index in [1.807, 2.05) is 0 Å². The lowest BCUT2D eigenvalue weighted by Crippen LogP contribution is -2.09. The second-order valence-electron chi connectivity index (χ2n) is 4.62. The quantitative estimate of drug-likeness (QED) is 0.885. The van der Waals surface area contributed by atoms with Gasteiger partial charge in [0.15, 0.2) is 0 Å². The third-order valence-corrected chi connectivity index (χ3v) is 4.02. The Hall–Kier alpha value is -1.42. The number of aromatic nitrogens is 2. The summed E-state index contributed by atoms with van der Waals surface area (Å²) in [6, 6.07) is 3.73. The highest BCUT2D eigenvalue weighted by atomic mass is 32.1. The van der Waals surface area contributed by atoms with Crippen LogP contribution < -0.4 is 5.56 Å². The topological polar surface area (TPSA) is 45.8 Å². The minimum absolute atomic E-state index is 0.0415. The van der Waals surface area contributed by atoms with E-state index in [2.05, 4.69) is 29.9 Å². The molecule has 1 aliphatic rings. The molecule has 3 nitrogen and oxygen atoms in total. The third kappa shape index (κ3) is 2.05. The minimum atomic E-state index is -0.0415. The number of aromatic amines is 1. The Morgan fingerprint density at radius 1 is 1.35 bits per heavy atom. The van der Waals surface area contributed by atoms with Crippen LogP contribution in [0, 0.1) is 13.8 Å². The van der Waals surface area contributed by atoms with Crippen LogP contribution in [0.1, 0.15) is 34.2 Å². The highest BCUT2D eigenvalue weighted by Crippen LogP contribution is 2.39. The Kier molecular flexibility index (Phi) is 2.40. The molecular weight excluding hydrogens is 232 g/mol. The zero-order chi connectivity index (χ0) is 12.0. The van der Waals surface area contributed by atoms with Crippen molar-refractivity contribution in [1.82, 2.24) is 9.97 Å². The second-order valence-corrected chi connectivity index (χ2v) is 6.08. The lowest BCUT2D eigenvalue weighted by Gasteiger charge is -2.02. The molecule has 0 amide bonds. The van der Waals surface area contributed by atoms with E-state index in [0.29, 0.717) is 5.92 Å².